The number of halogens is 1. The van der Waals surface area contributed by atoms with Crippen LogP contribution in [0.5, 0.6) is 0 Å². The van der Waals surface area contributed by atoms with E-state index in [4.69, 9.17) is 4.74 Å². The molecule has 0 spiro atoms. The molecule has 0 fully saturated rings. The Bertz CT molecular complexity index is 1750. The number of amides is 1. The van der Waals surface area contributed by atoms with Gasteiger partial charge in [-0.05, 0) is 47.4 Å². The van der Waals surface area contributed by atoms with E-state index in [1.807, 2.05) is 60.7 Å². The first-order valence-corrected chi connectivity index (χ1v) is 13.6. The maximum atomic E-state index is 14.2. The molecule has 2 atom stereocenters. The highest BCUT2D eigenvalue weighted by atomic mass is 79.9. The van der Waals surface area contributed by atoms with Crippen LogP contribution in [0.2, 0.25) is 0 Å². The first-order chi connectivity index (χ1) is 18.9. The molecule has 6 rings (SSSR count). The number of aryl methyl sites for hydroxylation is 1. The quantitative estimate of drug-likeness (QED) is 0.153. The Morgan fingerprint density at radius 3 is 2.51 bits per heavy atom. The molecular weight excluding hydrogens is 558 g/mol. The minimum Gasteiger partial charge on any atom is -0.467 e. The number of ketones is 1. The SMILES string of the molecule is CCc1ccc([C@H]2c3[nH]c4ccccc4c3C[C@H](C(=O)OC)N2C(=O)C(=O)c2c[nH]c3ccc(Br)cc23)cc1. The van der Waals surface area contributed by atoms with E-state index in [1.54, 1.807) is 12.3 Å². The Balaban J connectivity index is 1.54. The number of hydrogen-bond donors (Lipinski definition) is 2. The molecule has 1 amide bonds. The molecule has 0 bridgehead atoms. The van der Waals surface area contributed by atoms with Crippen molar-refractivity contribution in [2.24, 2.45) is 0 Å². The molecule has 7 nitrogen and oxygen atoms in total. The fourth-order valence-electron chi connectivity index (χ4n) is 5.65. The summed E-state index contributed by atoms with van der Waals surface area (Å²) in [4.78, 5) is 49.3. The number of esters is 1. The lowest BCUT2D eigenvalue weighted by atomic mass is 9.87. The van der Waals surface area contributed by atoms with Gasteiger partial charge in [0.15, 0.2) is 0 Å². The van der Waals surface area contributed by atoms with E-state index >= 15 is 0 Å². The van der Waals surface area contributed by atoms with Crippen LogP contribution in [0.15, 0.2) is 77.4 Å². The molecule has 196 valence electrons. The largest absolute Gasteiger partial charge is 0.467 e. The van der Waals surface area contributed by atoms with Crippen LogP contribution in [0.3, 0.4) is 0 Å². The van der Waals surface area contributed by atoms with Crippen molar-refractivity contribution in [3.8, 4) is 0 Å². The molecule has 0 saturated carbocycles. The van der Waals surface area contributed by atoms with Crippen LogP contribution in [0, 0.1) is 0 Å². The average molecular weight is 584 g/mol. The standard InChI is InChI=1S/C31H26BrN3O4/c1-3-17-8-10-18(11-9-17)28-27-22(20-6-4-5-7-25(20)34-27)15-26(31(38)39-2)35(28)30(37)29(36)23-16-33-24-13-12-19(32)14-21(23)24/h4-14,16,26,28,33-34H,3,15H2,1-2H3/t26-,28+/m1/s1. The molecule has 2 aromatic heterocycles. The number of nitrogens with one attached hydrogen (secondary N) is 2. The predicted octanol–water partition coefficient (Wildman–Crippen LogP) is 5.87. The van der Waals surface area contributed by atoms with Gasteiger partial charge in [-0.15, -0.1) is 0 Å². The highest BCUT2D eigenvalue weighted by Gasteiger charge is 2.46. The first-order valence-electron chi connectivity index (χ1n) is 12.8. The molecule has 0 unspecified atom stereocenters. The normalized spacial score (nSPS) is 16.8. The molecule has 8 heteroatoms. The third-order valence-corrected chi connectivity index (χ3v) is 8.12. The summed E-state index contributed by atoms with van der Waals surface area (Å²) in [5.74, 6) is -2.02. The lowest BCUT2D eigenvalue weighted by molar-refractivity contribution is -0.153. The Hall–Kier alpha value is -4.17. The number of carbonyl (C=O) groups excluding carboxylic acids is 3. The van der Waals surface area contributed by atoms with Crippen molar-refractivity contribution in [3.63, 3.8) is 0 Å². The second-order valence-electron chi connectivity index (χ2n) is 9.74. The molecule has 1 aliphatic heterocycles. The van der Waals surface area contributed by atoms with Gasteiger partial charge in [0.25, 0.3) is 11.7 Å². The van der Waals surface area contributed by atoms with Gasteiger partial charge in [0, 0.05) is 44.6 Å². The maximum absolute atomic E-state index is 14.2. The minimum atomic E-state index is -0.981. The lowest BCUT2D eigenvalue weighted by Gasteiger charge is -2.40. The summed E-state index contributed by atoms with van der Waals surface area (Å²) in [7, 11) is 1.31. The Morgan fingerprint density at radius 2 is 1.77 bits per heavy atom. The molecular formula is C31H26BrN3O4. The summed E-state index contributed by atoms with van der Waals surface area (Å²) in [6.07, 6.45) is 2.65. The fourth-order valence-corrected chi connectivity index (χ4v) is 6.01. The van der Waals surface area contributed by atoms with E-state index < -0.39 is 29.7 Å². The molecule has 0 radical (unpaired) electrons. The van der Waals surface area contributed by atoms with Crippen LogP contribution in [0.4, 0.5) is 0 Å². The third kappa shape index (κ3) is 4.15. The van der Waals surface area contributed by atoms with Gasteiger partial charge in [0.2, 0.25) is 0 Å². The van der Waals surface area contributed by atoms with Gasteiger partial charge in [-0.25, -0.2) is 4.79 Å². The number of Topliss-reactive ketones (excluding diaryl/α,β-unsaturated/α-hetero) is 1. The predicted molar refractivity (Wildman–Crippen MR) is 153 cm³/mol. The lowest BCUT2D eigenvalue weighted by Crippen LogP contribution is -2.53. The van der Waals surface area contributed by atoms with Crippen LogP contribution >= 0.6 is 15.9 Å². The Labute approximate surface area is 233 Å². The van der Waals surface area contributed by atoms with Gasteiger partial charge in [0.05, 0.1) is 18.7 Å². The number of aromatic nitrogens is 2. The third-order valence-electron chi connectivity index (χ3n) is 7.63. The molecule has 3 aromatic carbocycles. The van der Waals surface area contributed by atoms with E-state index in [0.717, 1.165) is 49.7 Å². The molecule has 1 aliphatic rings. The van der Waals surface area contributed by atoms with Crippen molar-refractivity contribution < 1.29 is 19.1 Å². The Morgan fingerprint density at radius 1 is 1.00 bits per heavy atom. The van der Waals surface area contributed by atoms with Gasteiger partial charge in [-0.1, -0.05) is 65.3 Å². The minimum absolute atomic E-state index is 0.230. The number of fused-ring (bicyclic) bond motifs is 4. The number of H-pyrrole nitrogens is 2. The number of hydrogen-bond acceptors (Lipinski definition) is 4. The smallest absolute Gasteiger partial charge is 0.328 e. The second kappa shape index (κ2) is 9.85. The summed E-state index contributed by atoms with van der Waals surface area (Å²) >= 11 is 3.45. The number of rotatable bonds is 5. The van der Waals surface area contributed by atoms with E-state index in [0.29, 0.717) is 5.39 Å². The van der Waals surface area contributed by atoms with Crippen LogP contribution in [-0.4, -0.2) is 45.7 Å². The van der Waals surface area contributed by atoms with Gasteiger partial charge >= 0.3 is 5.97 Å². The van der Waals surface area contributed by atoms with Crippen LogP contribution < -0.4 is 0 Å². The summed E-state index contributed by atoms with van der Waals surface area (Å²) < 4.78 is 5.97. The van der Waals surface area contributed by atoms with E-state index in [9.17, 15) is 14.4 Å². The highest BCUT2D eigenvalue weighted by molar-refractivity contribution is 9.10. The molecule has 5 aromatic rings. The van der Waals surface area contributed by atoms with Crippen LogP contribution in [0.1, 0.15) is 45.7 Å². The number of methoxy groups -OCH3 is 1. The van der Waals surface area contributed by atoms with Crippen molar-refractivity contribution in [3.05, 3.63) is 105 Å². The maximum Gasteiger partial charge on any atom is 0.328 e. The monoisotopic (exact) mass is 583 g/mol. The van der Waals surface area contributed by atoms with Gasteiger partial charge < -0.3 is 19.6 Å². The van der Waals surface area contributed by atoms with Crippen LogP contribution in [-0.2, 0) is 27.2 Å². The van der Waals surface area contributed by atoms with Crippen LogP contribution in [0.25, 0.3) is 21.8 Å². The van der Waals surface area contributed by atoms with E-state index in [1.165, 1.54) is 12.0 Å². The molecule has 0 aliphatic carbocycles. The average Bonchev–Trinajstić information content (AvgIpc) is 3.56. The molecule has 39 heavy (non-hydrogen) atoms. The summed E-state index contributed by atoms with van der Waals surface area (Å²) in [6, 6.07) is 19.7. The van der Waals surface area contributed by atoms with Gasteiger partial charge in [0.1, 0.15) is 6.04 Å². The summed E-state index contributed by atoms with van der Waals surface area (Å²) in [5, 5.41) is 1.61. The summed E-state index contributed by atoms with van der Waals surface area (Å²) in [6.45, 7) is 2.08. The van der Waals surface area contributed by atoms with Gasteiger partial charge in [-0.2, -0.15) is 0 Å². The number of carbonyl (C=O) groups is 3. The van der Waals surface area contributed by atoms with Crippen molar-refractivity contribution in [1.82, 2.24) is 14.9 Å². The number of nitrogens with zero attached hydrogens (tertiary/aromatic N) is 1. The number of para-hydroxylation sites is 1. The molecule has 2 N–H and O–H groups in total. The van der Waals surface area contributed by atoms with Crippen molar-refractivity contribution >= 4 is 55.4 Å². The zero-order valence-corrected chi connectivity index (χ0v) is 23.0. The van der Waals surface area contributed by atoms with Crippen molar-refractivity contribution in [2.75, 3.05) is 7.11 Å². The molecule has 3 heterocycles. The van der Waals surface area contributed by atoms with Crippen molar-refractivity contribution in [2.45, 2.75) is 31.8 Å². The Kier molecular flexibility index (Phi) is 6.35. The second-order valence-corrected chi connectivity index (χ2v) is 10.7. The first kappa shape index (κ1) is 25.1. The highest BCUT2D eigenvalue weighted by Crippen LogP contribution is 2.42. The number of aromatic amines is 2. The zero-order chi connectivity index (χ0) is 27.3. The number of ether oxygens (including phenoxy) is 1. The fraction of sp³-hybridized carbons (Fsp3) is 0.194. The van der Waals surface area contributed by atoms with E-state index in [-0.39, 0.29) is 12.0 Å². The van der Waals surface area contributed by atoms with Crippen molar-refractivity contribution in [1.29, 1.82) is 0 Å². The van der Waals surface area contributed by atoms with E-state index in [2.05, 4.69) is 32.8 Å². The number of benzene rings is 3. The molecule has 0 saturated heterocycles. The van der Waals surface area contributed by atoms with Gasteiger partial charge in [-0.3, -0.25) is 9.59 Å². The zero-order valence-electron chi connectivity index (χ0n) is 21.5. The summed E-state index contributed by atoms with van der Waals surface area (Å²) in [5.41, 5.74) is 5.58. The topological polar surface area (TPSA) is 95.3 Å².